The van der Waals surface area contributed by atoms with Crippen molar-refractivity contribution in [3.63, 3.8) is 0 Å². The number of thioether (sulfide) groups is 1. The summed E-state index contributed by atoms with van der Waals surface area (Å²) in [6.45, 7) is 7.80. The van der Waals surface area contributed by atoms with E-state index >= 15 is 0 Å². The molecule has 2 amide bonds. The van der Waals surface area contributed by atoms with E-state index in [4.69, 9.17) is 4.74 Å². The van der Waals surface area contributed by atoms with Gasteiger partial charge in [0.2, 0.25) is 11.0 Å². The topological polar surface area (TPSA) is 87.7 Å². The van der Waals surface area contributed by atoms with Crippen molar-refractivity contribution in [1.29, 1.82) is 0 Å². The fourth-order valence-electron chi connectivity index (χ4n) is 3.02. The van der Waals surface area contributed by atoms with Gasteiger partial charge in [-0.1, -0.05) is 29.2 Å². The molecule has 0 bridgehead atoms. The van der Waals surface area contributed by atoms with Crippen LogP contribution in [0, 0.1) is 13.8 Å². The molecule has 0 aliphatic carbocycles. The molecule has 3 rings (SSSR count). The maximum atomic E-state index is 12.8. The molecule has 1 aromatic heterocycles. The summed E-state index contributed by atoms with van der Waals surface area (Å²) < 4.78 is 5.68. The van der Waals surface area contributed by atoms with Crippen molar-refractivity contribution in [2.75, 3.05) is 57.1 Å². The monoisotopic (exact) mass is 449 g/mol. The van der Waals surface area contributed by atoms with Gasteiger partial charge < -0.3 is 19.9 Å². The molecule has 30 heavy (non-hydrogen) atoms. The zero-order chi connectivity index (χ0) is 21.5. The summed E-state index contributed by atoms with van der Waals surface area (Å²) in [5.74, 6) is 0.328. The highest BCUT2D eigenvalue weighted by Crippen LogP contribution is 2.28. The fraction of sp³-hybridized carbons (Fsp3) is 0.500. The summed E-state index contributed by atoms with van der Waals surface area (Å²) in [6.07, 6.45) is 0. The Kier molecular flexibility index (Phi) is 8.06. The number of piperazine rings is 1. The molecular weight excluding hydrogens is 422 g/mol. The molecule has 0 saturated carbocycles. The second-order valence-corrected chi connectivity index (χ2v) is 9.24. The van der Waals surface area contributed by atoms with Gasteiger partial charge in [0.25, 0.3) is 5.91 Å². The molecular formula is C20H27N5O3S2. The lowest BCUT2D eigenvalue weighted by Crippen LogP contribution is -2.48. The second kappa shape index (κ2) is 10.7. The van der Waals surface area contributed by atoms with Gasteiger partial charge in [-0.15, -0.1) is 10.2 Å². The van der Waals surface area contributed by atoms with E-state index in [-0.39, 0.29) is 11.8 Å². The lowest BCUT2D eigenvalue weighted by atomic mass is 10.1. The Labute approximate surface area is 185 Å². The number of rotatable bonds is 8. The summed E-state index contributed by atoms with van der Waals surface area (Å²) in [4.78, 5) is 28.6. The average molecular weight is 450 g/mol. The maximum Gasteiger partial charge on any atom is 0.253 e. The third kappa shape index (κ3) is 5.93. The summed E-state index contributed by atoms with van der Waals surface area (Å²) in [7, 11) is 1.60. The van der Waals surface area contributed by atoms with Gasteiger partial charge in [-0.05, 0) is 37.1 Å². The number of aromatic nitrogens is 2. The first-order valence-electron chi connectivity index (χ1n) is 9.81. The molecule has 1 saturated heterocycles. The molecule has 1 fully saturated rings. The number of anilines is 1. The van der Waals surface area contributed by atoms with Crippen LogP contribution >= 0.6 is 23.1 Å². The standard InChI is InChI=1S/C20H27N5O3S2/c1-14-4-5-16(12-15(14)2)18(27)24-7-9-25(10-8-24)19-22-23-20(30-19)29-13-17(26)21-6-11-28-3/h4-5,12H,6-11,13H2,1-3H3,(H,21,26). The molecule has 162 valence electrons. The Morgan fingerprint density at radius 2 is 1.93 bits per heavy atom. The minimum atomic E-state index is -0.0488. The largest absolute Gasteiger partial charge is 0.383 e. The van der Waals surface area contributed by atoms with Crippen LogP contribution in [0.2, 0.25) is 0 Å². The van der Waals surface area contributed by atoms with Crippen LogP contribution in [0.1, 0.15) is 21.5 Å². The Hall–Kier alpha value is -2.17. The lowest BCUT2D eigenvalue weighted by Gasteiger charge is -2.34. The zero-order valence-electron chi connectivity index (χ0n) is 17.5. The first-order valence-corrected chi connectivity index (χ1v) is 11.6. The van der Waals surface area contributed by atoms with Crippen LogP contribution in [-0.2, 0) is 9.53 Å². The summed E-state index contributed by atoms with van der Waals surface area (Å²) in [5.41, 5.74) is 3.06. The van der Waals surface area contributed by atoms with E-state index in [1.807, 2.05) is 36.9 Å². The minimum Gasteiger partial charge on any atom is -0.383 e. The fourth-order valence-corrected chi connectivity index (χ4v) is 4.74. The number of hydrogen-bond donors (Lipinski definition) is 1. The number of methoxy groups -OCH3 is 1. The third-order valence-electron chi connectivity index (χ3n) is 4.94. The number of carbonyl (C=O) groups excluding carboxylic acids is 2. The molecule has 0 radical (unpaired) electrons. The van der Waals surface area contributed by atoms with Crippen molar-refractivity contribution in [1.82, 2.24) is 20.4 Å². The molecule has 1 N–H and O–H groups in total. The maximum absolute atomic E-state index is 12.8. The van der Waals surface area contributed by atoms with E-state index in [0.29, 0.717) is 45.1 Å². The predicted octanol–water partition coefficient (Wildman–Crippen LogP) is 1.97. The van der Waals surface area contributed by atoms with Crippen molar-refractivity contribution in [3.05, 3.63) is 34.9 Å². The number of benzene rings is 1. The third-order valence-corrected chi connectivity index (χ3v) is 7.06. The zero-order valence-corrected chi connectivity index (χ0v) is 19.1. The van der Waals surface area contributed by atoms with E-state index in [1.165, 1.54) is 28.7 Å². The van der Waals surface area contributed by atoms with E-state index in [1.54, 1.807) is 7.11 Å². The molecule has 0 spiro atoms. The molecule has 1 aliphatic heterocycles. The smallest absolute Gasteiger partial charge is 0.253 e. The van der Waals surface area contributed by atoms with Crippen molar-refractivity contribution in [2.24, 2.45) is 0 Å². The number of carbonyl (C=O) groups is 2. The van der Waals surface area contributed by atoms with E-state index < -0.39 is 0 Å². The van der Waals surface area contributed by atoms with Crippen molar-refractivity contribution < 1.29 is 14.3 Å². The van der Waals surface area contributed by atoms with Gasteiger partial charge in [0.15, 0.2) is 4.34 Å². The average Bonchev–Trinajstić information content (AvgIpc) is 3.23. The quantitative estimate of drug-likeness (QED) is 0.487. The lowest BCUT2D eigenvalue weighted by molar-refractivity contribution is -0.118. The van der Waals surface area contributed by atoms with Crippen LogP contribution in [0.5, 0.6) is 0 Å². The van der Waals surface area contributed by atoms with Gasteiger partial charge in [0.1, 0.15) is 0 Å². The predicted molar refractivity (Wildman–Crippen MR) is 120 cm³/mol. The van der Waals surface area contributed by atoms with Gasteiger partial charge in [0.05, 0.1) is 12.4 Å². The SMILES string of the molecule is COCCNC(=O)CSc1nnc(N2CCN(C(=O)c3ccc(C)c(C)c3)CC2)s1. The molecule has 0 unspecified atom stereocenters. The highest BCUT2D eigenvalue weighted by Gasteiger charge is 2.24. The van der Waals surface area contributed by atoms with Crippen molar-refractivity contribution in [3.8, 4) is 0 Å². The Morgan fingerprint density at radius 1 is 1.17 bits per heavy atom. The normalized spacial score (nSPS) is 14.1. The van der Waals surface area contributed by atoms with Gasteiger partial charge in [-0.3, -0.25) is 9.59 Å². The van der Waals surface area contributed by atoms with Crippen LogP contribution in [0.3, 0.4) is 0 Å². The molecule has 2 heterocycles. The van der Waals surface area contributed by atoms with Crippen LogP contribution in [0.15, 0.2) is 22.5 Å². The summed E-state index contributed by atoms with van der Waals surface area (Å²) in [5, 5.41) is 12.1. The van der Waals surface area contributed by atoms with E-state index in [9.17, 15) is 9.59 Å². The molecule has 8 nitrogen and oxygen atoms in total. The molecule has 2 aromatic rings. The van der Waals surface area contributed by atoms with E-state index in [2.05, 4.69) is 20.4 Å². The molecule has 10 heteroatoms. The first kappa shape index (κ1) is 22.5. The van der Waals surface area contributed by atoms with Gasteiger partial charge in [0, 0.05) is 45.4 Å². The number of hydrogen-bond acceptors (Lipinski definition) is 8. The van der Waals surface area contributed by atoms with Gasteiger partial charge >= 0.3 is 0 Å². The van der Waals surface area contributed by atoms with Crippen molar-refractivity contribution >= 4 is 40.0 Å². The number of ether oxygens (including phenoxy) is 1. The van der Waals surface area contributed by atoms with Crippen molar-refractivity contribution in [2.45, 2.75) is 18.2 Å². The highest BCUT2D eigenvalue weighted by atomic mass is 32.2. The summed E-state index contributed by atoms with van der Waals surface area (Å²) >= 11 is 2.86. The number of nitrogens with zero attached hydrogens (tertiary/aromatic N) is 4. The van der Waals surface area contributed by atoms with Crippen LogP contribution in [0.25, 0.3) is 0 Å². The van der Waals surface area contributed by atoms with Crippen LogP contribution < -0.4 is 10.2 Å². The molecule has 1 aliphatic rings. The van der Waals surface area contributed by atoms with Crippen LogP contribution in [-0.4, -0.2) is 79.1 Å². The molecule has 0 atom stereocenters. The number of aryl methyl sites for hydroxylation is 2. The Morgan fingerprint density at radius 3 is 2.63 bits per heavy atom. The Balaban J connectivity index is 1.47. The number of nitrogens with one attached hydrogen (secondary N) is 1. The highest BCUT2D eigenvalue weighted by molar-refractivity contribution is 8.01. The minimum absolute atomic E-state index is 0.0488. The summed E-state index contributed by atoms with van der Waals surface area (Å²) in [6, 6.07) is 5.86. The van der Waals surface area contributed by atoms with Crippen LogP contribution in [0.4, 0.5) is 5.13 Å². The number of amides is 2. The second-order valence-electron chi connectivity index (χ2n) is 7.06. The van der Waals surface area contributed by atoms with Gasteiger partial charge in [-0.25, -0.2) is 0 Å². The van der Waals surface area contributed by atoms with Gasteiger partial charge in [-0.2, -0.15) is 0 Å². The van der Waals surface area contributed by atoms with E-state index in [0.717, 1.165) is 20.6 Å². The molecule has 1 aromatic carbocycles. The first-order chi connectivity index (χ1) is 14.5. The Bertz CT molecular complexity index is 881.